The number of nitrogens with one attached hydrogen (secondary N) is 3. The minimum absolute atomic E-state index is 0.0216. The second kappa shape index (κ2) is 20.1. The predicted octanol–water partition coefficient (Wildman–Crippen LogP) is 5.34. The van der Waals surface area contributed by atoms with Gasteiger partial charge in [0.2, 0.25) is 5.91 Å². The monoisotopic (exact) mass is 675 g/mol. The van der Waals surface area contributed by atoms with Crippen molar-refractivity contribution in [3.8, 4) is 0 Å². The molecule has 3 aromatic carbocycles. The van der Waals surface area contributed by atoms with E-state index in [2.05, 4.69) is 16.0 Å². The molecule has 2 unspecified atom stereocenters. The molecule has 3 N–H and O–H groups in total. The first-order valence-corrected chi connectivity index (χ1v) is 16.1. The van der Waals surface area contributed by atoms with Crippen molar-refractivity contribution < 1.29 is 42.9 Å². The van der Waals surface area contributed by atoms with Gasteiger partial charge in [-0.1, -0.05) is 91.0 Å². The number of benzene rings is 3. The van der Waals surface area contributed by atoms with Gasteiger partial charge in [0.15, 0.2) is 0 Å². The summed E-state index contributed by atoms with van der Waals surface area (Å²) in [5, 5.41) is 7.73. The molecule has 0 spiro atoms. The highest BCUT2D eigenvalue weighted by atomic mass is 16.6. The van der Waals surface area contributed by atoms with Crippen molar-refractivity contribution in [3.05, 3.63) is 108 Å². The Morgan fingerprint density at radius 1 is 0.612 bits per heavy atom. The molecule has 0 heterocycles. The van der Waals surface area contributed by atoms with E-state index >= 15 is 0 Å². The van der Waals surface area contributed by atoms with E-state index < -0.39 is 54.1 Å². The zero-order chi connectivity index (χ0) is 35.5. The summed E-state index contributed by atoms with van der Waals surface area (Å²) in [6.07, 6.45) is -0.989. The zero-order valence-corrected chi connectivity index (χ0v) is 28.1. The van der Waals surface area contributed by atoms with Gasteiger partial charge in [0.05, 0.1) is 6.42 Å². The van der Waals surface area contributed by atoms with Crippen LogP contribution in [0.5, 0.6) is 0 Å². The largest absolute Gasteiger partial charge is 0.461 e. The molecule has 0 aliphatic carbocycles. The Hall–Kier alpha value is -5.39. The van der Waals surface area contributed by atoms with Gasteiger partial charge in [0.25, 0.3) is 0 Å². The van der Waals surface area contributed by atoms with Gasteiger partial charge in [-0.3, -0.25) is 9.59 Å². The van der Waals surface area contributed by atoms with Gasteiger partial charge < -0.3 is 34.9 Å². The van der Waals surface area contributed by atoms with E-state index in [-0.39, 0.29) is 32.8 Å². The number of hydrogen-bond donors (Lipinski definition) is 3. The standard InChI is InChI=1S/C37H45N3O9/c1-37(2,3)49-36(45)40-31(23-32(41)46-24-27-15-7-4-8-16-27)33(42)39-30(34(43)47-25-28-17-9-5-10-18-28)21-13-14-22-38-35(44)48-26-29-19-11-6-12-20-29/h4-12,15-20,30-31H,13-14,21-26H2,1-3H3,(H,38,44)(H,39,42)(H,40,45). The Labute approximate surface area is 286 Å². The van der Waals surface area contributed by atoms with Crippen LogP contribution >= 0.6 is 0 Å². The number of rotatable bonds is 17. The van der Waals surface area contributed by atoms with Crippen molar-refractivity contribution in [1.29, 1.82) is 0 Å². The Bertz CT molecular complexity index is 1480. The minimum atomic E-state index is -1.41. The van der Waals surface area contributed by atoms with E-state index in [0.717, 1.165) is 16.7 Å². The Kier molecular flexibility index (Phi) is 15.6. The number of carbonyl (C=O) groups excluding carboxylic acids is 5. The summed E-state index contributed by atoms with van der Waals surface area (Å²) in [6, 6.07) is 24.8. The zero-order valence-electron chi connectivity index (χ0n) is 28.1. The summed E-state index contributed by atoms with van der Waals surface area (Å²) in [6.45, 7) is 5.33. The average Bonchev–Trinajstić information content (AvgIpc) is 3.08. The van der Waals surface area contributed by atoms with Gasteiger partial charge >= 0.3 is 24.1 Å². The third-order valence-electron chi connectivity index (χ3n) is 6.85. The molecule has 49 heavy (non-hydrogen) atoms. The van der Waals surface area contributed by atoms with Crippen LogP contribution in [0.25, 0.3) is 0 Å². The molecule has 0 saturated carbocycles. The summed E-state index contributed by atoms with van der Waals surface area (Å²) >= 11 is 0. The molecule has 3 aromatic rings. The fourth-order valence-electron chi connectivity index (χ4n) is 4.41. The van der Waals surface area contributed by atoms with Crippen LogP contribution in [0, 0.1) is 0 Å². The summed E-state index contributed by atoms with van der Waals surface area (Å²) in [7, 11) is 0. The van der Waals surface area contributed by atoms with Gasteiger partial charge in [0.1, 0.15) is 37.5 Å². The van der Waals surface area contributed by atoms with E-state index in [1.165, 1.54) is 0 Å². The molecule has 3 amide bonds. The van der Waals surface area contributed by atoms with Crippen molar-refractivity contribution in [2.45, 2.75) is 84.0 Å². The third-order valence-corrected chi connectivity index (χ3v) is 6.85. The van der Waals surface area contributed by atoms with Crippen LogP contribution < -0.4 is 16.0 Å². The van der Waals surface area contributed by atoms with E-state index in [0.29, 0.717) is 12.8 Å². The lowest BCUT2D eigenvalue weighted by Gasteiger charge is -2.25. The maximum atomic E-state index is 13.5. The molecule has 0 aromatic heterocycles. The molecule has 0 radical (unpaired) electrons. The molecular weight excluding hydrogens is 630 g/mol. The molecule has 262 valence electrons. The number of amides is 3. The molecular formula is C37H45N3O9. The van der Waals surface area contributed by atoms with Gasteiger partial charge in [-0.15, -0.1) is 0 Å². The topological polar surface area (TPSA) is 158 Å². The average molecular weight is 676 g/mol. The number of alkyl carbamates (subject to hydrolysis) is 2. The van der Waals surface area contributed by atoms with E-state index in [4.69, 9.17) is 18.9 Å². The van der Waals surface area contributed by atoms with Crippen molar-refractivity contribution >= 4 is 30.0 Å². The summed E-state index contributed by atoms with van der Waals surface area (Å²) in [5.41, 5.74) is 1.49. The van der Waals surface area contributed by atoms with Gasteiger partial charge in [-0.25, -0.2) is 14.4 Å². The van der Waals surface area contributed by atoms with Gasteiger partial charge in [-0.2, -0.15) is 0 Å². The molecule has 0 bridgehead atoms. The first-order chi connectivity index (χ1) is 23.5. The van der Waals surface area contributed by atoms with E-state index in [9.17, 15) is 24.0 Å². The van der Waals surface area contributed by atoms with Crippen molar-refractivity contribution in [1.82, 2.24) is 16.0 Å². The number of unbranched alkanes of at least 4 members (excludes halogenated alkanes) is 1. The fraction of sp³-hybridized carbons (Fsp3) is 0.378. The first-order valence-electron chi connectivity index (χ1n) is 16.1. The summed E-state index contributed by atoms with van der Waals surface area (Å²) in [5.74, 6) is -2.24. The molecule has 12 nitrogen and oxygen atoms in total. The first kappa shape index (κ1) is 38.1. The lowest BCUT2D eigenvalue weighted by atomic mass is 10.1. The Morgan fingerprint density at radius 2 is 1.12 bits per heavy atom. The second-order valence-corrected chi connectivity index (χ2v) is 12.2. The van der Waals surface area contributed by atoms with E-state index in [1.54, 1.807) is 57.2 Å². The van der Waals surface area contributed by atoms with Gasteiger partial charge in [-0.05, 0) is 56.7 Å². The van der Waals surface area contributed by atoms with Crippen molar-refractivity contribution in [2.75, 3.05) is 6.54 Å². The predicted molar refractivity (Wildman–Crippen MR) is 181 cm³/mol. The lowest BCUT2D eigenvalue weighted by Crippen LogP contribution is -2.53. The molecule has 0 aliphatic heterocycles. The SMILES string of the molecule is CC(C)(C)OC(=O)NC(CC(=O)OCc1ccccc1)C(=O)NC(CCCCNC(=O)OCc1ccccc1)C(=O)OCc1ccccc1. The molecule has 0 saturated heterocycles. The van der Waals surface area contributed by atoms with Crippen LogP contribution in [0.3, 0.4) is 0 Å². The van der Waals surface area contributed by atoms with Crippen LogP contribution in [0.4, 0.5) is 9.59 Å². The normalized spacial score (nSPS) is 12.1. The number of esters is 2. The highest BCUT2D eigenvalue weighted by molar-refractivity contribution is 5.92. The molecule has 12 heteroatoms. The van der Waals surface area contributed by atoms with Crippen molar-refractivity contribution in [2.24, 2.45) is 0 Å². The van der Waals surface area contributed by atoms with E-state index in [1.807, 2.05) is 54.6 Å². The van der Waals surface area contributed by atoms with Crippen LogP contribution in [-0.2, 0) is 53.2 Å². The number of hydrogen-bond acceptors (Lipinski definition) is 9. The fourth-order valence-corrected chi connectivity index (χ4v) is 4.41. The maximum absolute atomic E-state index is 13.5. The van der Waals surface area contributed by atoms with Crippen LogP contribution in [0.1, 0.15) is 63.1 Å². The van der Waals surface area contributed by atoms with Crippen molar-refractivity contribution in [3.63, 3.8) is 0 Å². The molecule has 0 fully saturated rings. The highest BCUT2D eigenvalue weighted by Crippen LogP contribution is 2.11. The number of carbonyl (C=O) groups is 5. The minimum Gasteiger partial charge on any atom is -0.461 e. The Morgan fingerprint density at radius 3 is 1.65 bits per heavy atom. The van der Waals surface area contributed by atoms with Gasteiger partial charge in [0, 0.05) is 6.54 Å². The third kappa shape index (κ3) is 15.8. The van der Waals surface area contributed by atoms with Crippen LogP contribution in [0.2, 0.25) is 0 Å². The smallest absolute Gasteiger partial charge is 0.408 e. The van der Waals surface area contributed by atoms with Crippen LogP contribution in [0.15, 0.2) is 91.0 Å². The molecule has 0 aliphatic rings. The summed E-state index contributed by atoms with van der Waals surface area (Å²) < 4.78 is 21.4. The quantitative estimate of drug-likeness (QED) is 0.0976. The number of ether oxygens (including phenoxy) is 4. The second-order valence-electron chi connectivity index (χ2n) is 12.2. The Balaban J connectivity index is 1.61. The summed E-state index contributed by atoms with van der Waals surface area (Å²) in [4.78, 5) is 64.3. The molecule has 3 rings (SSSR count). The molecule has 2 atom stereocenters. The maximum Gasteiger partial charge on any atom is 0.408 e. The van der Waals surface area contributed by atoms with Crippen LogP contribution in [-0.4, -0.2) is 54.3 Å². The highest BCUT2D eigenvalue weighted by Gasteiger charge is 2.31. The lowest BCUT2D eigenvalue weighted by molar-refractivity contribution is -0.150.